The lowest BCUT2D eigenvalue weighted by atomic mass is 10.1. The minimum atomic E-state index is -0.879. The normalized spacial score (nSPS) is 12.8. The fraction of sp³-hybridized carbons (Fsp3) is 0.400. The molecule has 2 nitrogen and oxygen atoms in total. The van der Waals surface area contributed by atoms with Crippen LogP contribution in [-0.4, -0.2) is 17.5 Å². The molecule has 1 unspecified atom stereocenters. The van der Waals surface area contributed by atoms with Crippen molar-refractivity contribution in [1.29, 1.82) is 0 Å². The van der Waals surface area contributed by atoms with E-state index < -0.39 is 10.8 Å². The lowest BCUT2D eigenvalue weighted by Crippen LogP contribution is -2.07. The Morgan fingerprint density at radius 1 is 1.46 bits per heavy atom. The van der Waals surface area contributed by atoms with E-state index in [4.69, 9.17) is 0 Å². The van der Waals surface area contributed by atoms with Crippen molar-refractivity contribution in [3.05, 3.63) is 29.3 Å². The fourth-order valence-electron chi connectivity index (χ4n) is 1.21. The maximum absolute atomic E-state index is 11.2. The predicted molar refractivity (Wildman–Crippen MR) is 56.3 cm³/mol. The average Bonchev–Trinajstić information content (AvgIpc) is 2.08. The van der Waals surface area contributed by atoms with Gasteiger partial charge in [0, 0.05) is 28.5 Å². The van der Waals surface area contributed by atoms with Crippen molar-refractivity contribution in [2.24, 2.45) is 0 Å². The van der Waals surface area contributed by atoms with Crippen molar-refractivity contribution >= 4 is 10.8 Å². The van der Waals surface area contributed by atoms with Gasteiger partial charge in [-0.15, -0.1) is 0 Å². The zero-order valence-corrected chi connectivity index (χ0v) is 9.07. The topological polar surface area (TPSA) is 29.1 Å². The van der Waals surface area contributed by atoms with Gasteiger partial charge >= 0.3 is 0 Å². The first kappa shape index (κ1) is 10.4. The Morgan fingerprint density at radius 3 is 2.69 bits per heavy atom. The van der Waals surface area contributed by atoms with E-state index in [2.05, 4.69) is 12.2 Å². The monoisotopic (exact) mass is 197 g/mol. The molecule has 13 heavy (non-hydrogen) atoms. The maximum Gasteiger partial charge on any atom is 0.0498 e. The van der Waals surface area contributed by atoms with E-state index in [0.29, 0.717) is 0 Å². The van der Waals surface area contributed by atoms with Crippen LogP contribution in [0.4, 0.5) is 0 Å². The first-order chi connectivity index (χ1) is 6.15. The van der Waals surface area contributed by atoms with Gasteiger partial charge in [-0.05, 0) is 37.2 Å². The molecule has 0 aliphatic carbocycles. The number of aryl methyl sites for hydroxylation is 1. The summed E-state index contributed by atoms with van der Waals surface area (Å²) in [4.78, 5) is 0.899. The second-order valence-electron chi connectivity index (χ2n) is 3.07. The number of hydrogen-bond donors (Lipinski definition) is 1. The molecule has 3 heteroatoms. The molecule has 0 saturated carbocycles. The quantitative estimate of drug-likeness (QED) is 0.794. The van der Waals surface area contributed by atoms with E-state index in [1.807, 2.05) is 25.2 Å². The molecule has 0 heterocycles. The van der Waals surface area contributed by atoms with E-state index in [-0.39, 0.29) is 0 Å². The van der Waals surface area contributed by atoms with Crippen LogP contribution in [-0.2, 0) is 17.3 Å². The minimum absolute atomic E-state index is 0.830. The summed E-state index contributed by atoms with van der Waals surface area (Å²) in [6.07, 6.45) is 1.70. The number of rotatable bonds is 3. The number of benzene rings is 1. The molecule has 0 spiro atoms. The van der Waals surface area contributed by atoms with Gasteiger partial charge in [0.05, 0.1) is 0 Å². The summed E-state index contributed by atoms with van der Waals surface area (Å²) in [5, 5.41) is 3.09. The van der Waals surface area contributed by atoms with Gasteiger partial charge in [0.25, 0.3) is 0 Å². The first-order valence-corrected chi connectivity index (χ1v) is 5.78. The van der Waals surface area contributed by atoms with Crippen LogP contribution in [0.1, 0.15) is 11.1 Å². The summed E-state index contributed by atoms with van der Waals surface area (Å²) in [6.45, 7) is 2.89. The van der Waals surface area contributed by atoms with Gasteiger partial charge in [-0.3, -0.25) is 4.21 Å². The molecule has 0 aliphatic rings. The Balaban J connectivity index is 3.03. The average molecular weight is 197 g/mol. The van der Waals surface area contributed by atoms with Crippen LogP contribution in [0.25, 0.3) is 0 Å². The third kappa shape index (κ3) is 2.64. The lowest BCUT2D eigenvalue weighted by molar-refractivity contribution is 0.686. The molecule has 0 fully saturated rings. The summed E-state index contributed by atoms with van der Waals surface area (Å²) in [7, 11) is 1.03. The Kier molecular flexibility index (Phi) is 3.63. The summed E-state index contributed by atoms with van der Waals surface area (Å²) in [5.41, 5.74) is 2.46. The van der Waals surface area contributed by atoms with E-state index in [1.165, 1.54) is 11.1 Å². The smallest absolute Gasteiger partial charge is 0.0498 e. The maximum atomic E-state index is 11.2. The first-order valence-electron chi connectivity index (χ1n) is 4.22. The van der Waals surface area contributed by atoms with E-state index in [9.17, 15) is 4.21 Å². The summed E-state index contributed by atoms with van der Waals surface area (Å²) < 4.78 is 11.2. The van der Waals surface area contributed by atoms with Crippen molar-refractivity contribution in [2.45, 2.75) is 18.4 Å². The minimum Gasteiger partial charge on any atom is -0.316 e. The molecule has 1 aromatic rings. The fourth-order valence-corrected chi connectivity index (χ4v) is 1.78. The largest absolute Gasteiger partial charge is 0.316 e. The van der Waals surface area contributed by atoms with Gasteiger partial charge in [-0.25, -0.2) is 0 Å². The van der Waals surface area contributed by atoms with E-state index in [0.717, 1.165) is 11.4 Å². The summed E-state index contributed by atoms with van der Waals surface area (Å²) in [5.74, 6) is 0. The molecule has 1 aromatic carbocycles. The van der Waals surface area contributed by atoms with Crippen molar-refractivity contribution in [1.82, 2.24) is 5.32 Å². The second kappa shape index (κ2) is 4.53. The molecule has 0 radical (unpaired) electrons. The van der Waals surface area contributed by atoms with Crippen LogP contribution in [0.3, 0.4) is 0 Å². The highest BCUT2D eigenvalue weighted by molar-refractivity contribution is 7.84. The molecule has 0 amide bonds. The zero-order valence-electron chi connectivity index (χ0n) is 8.26. The van der Waals surface area contributed by atoms with E-state index >= 15 is 0 Å². The van der Waals surface area contributed by atoms with Gasteiger partial charge in [-0.2, -0.15) is 0 Å². The van der Waals surface area contributed by atoms with Crippen molar-refractivity contribution in [3.8, 4) is 0 Å². The molecule has 0 bridgehead atoms. The molecular weight excluding hydrogens is 182 g/mol. The van der Waals surface area contributed by atoms with Crippen LogP contribution in [0, 0.1) is 6.92 Å². The standard InChI is InChI=1S/C10H15NOS/c1-8-4-5-10(13(3)12)6-9(8)7-11-2/h4-6,11H,7H2,1-3H3. The highest BCUT2D eigenvalue weighted by Crippen LogP contribution is 2.13. The predicted octanol–water partition coefficient (Wildman–Crippen LogP) is 1.45. The molecule has 0 aliphatic heterocycles. The molecule has 1 N–H and O–H groups in total. The zero-order chi connectivity index (χ0) is 9.84. The summed E-state index contributed by atoms with van der Waals surface area (Å²) in [6, 6.07) is 5.94. The third-order valence-electron chi connectivity index (χ3n) is 2.02. The van der Waals surface area contributed by atoms with Crippen LogP contribution in [0.5, 0.6) is 0 Å². The summed E-state index contributed by atoms with van der Waals surface area (Å²) >= 11 is 0. The van der Waals surface area contributed by atoms with Crippen LogP contribution >= 0.6 is 0 Å². The van der Waals surface area contributed by atoms with Gasteiger partial charge in [0.15, 0.2) is 0 Å². The molecule has 72 valence electrons. The van der Waals surface area contributed by atoms with Gasteiger partial charge in [0.1, 0.15) is 0 Å². The molecule has 1 atom stereocenters. The van der Waals surface area contributed by atoms with Gasteiger partial charge < -0.3 is 5.32 Å². The highest BCUT2D eigenvalue weighted by Gasteiger charge is 2.01. The van der Waals surface area contributed by atoms with Crippen molar-refractivity contribution in [2.75, 3.05) is 13.3 Å². The SMILES string of the molecule is CNCc1cc(S(C)=O)ccc1C. The Morgan fingerprint density at radius 2 is 2.15 bits per heavy atom. The Labute approximate surface area is 81.8 Å². The van der Waals surface area contributed by atoms with Crippen molar-refractivity contribution < 1.29 is 4.21 Å². The Bertz CT molecular complexity index is 323. The second-order valence-corrected chi connectivity index (χ2v) is 4.45. The number of nitrogens with one attached hydrogen (secondary N) is 1. The molecule has 1 rings (SSSR count). The highest BCUT2D eigenvalue weighted by atomic mass is 32.2. The van der Waals surface area contributed by atoms with E-state index in [1.54, 1.807) is 6.26 Å². The van der Waals surface area contributed by atoms with Crippen molar-refractivity contribution in [3.63, 3.8) is 0 Å². The van der Waals surface area contributed by atoms with Gasteiger partial charge in [-0.1, -0.05) is 6.07 Å². The molecule has 0 saturated heterocycles. The number of hydrogen-bond acceptors (Lipinski definition) is 2. The van der Waals surface area contributed by atoms with Crippen LogP contribution in [0.2, 0.25) is 0 Å². The lowest BCUT2D eigenvalue weighted by Gasteiger charge is -2.06. The molecular formula is C10H15NOS. The molecule has 0 aromatic heterocycles. The third-order valence-corrected chi connectivity index (χ3v) is 2.94. The van der Waals surface area contributed by atoms with Crippen LogP contribution < -0.4 is 5.32 Å². The van der Waals surface area contributed by atoms with Gasteiger partial charge in [0.2, 0.25) is 0 Å². The Hall–Kier alpha value is -0.670. The van der Waals surface area contributed by atoms with Crippen LogP contribution in [0.15, 0.2) is 23.1 Å².